The second kappa shape index (κ2) is 9.18. The van der Waals surface area contributed by atoms with E-state index in [9.17, 15) is 27.1 Å². The SMILES string of the molecule is CCc1ccc2c(c1)CC(C(O)C(Cc1cc(F)cc(F)c1)c1nnc(C(F)(F)F)o1)NC2. The van der Waals surface area contributed by atoms with E-state index in [2.05, 4.69) is 15.5 Å². The summed E-state index contributed by atoms with van der Waals surface area (Å²) in [4.78, 5) is 0. The Morgan fingerprint density at radius 1 is 1.06 bits per heavy atom. The van der Waals surface area contributed by atoms with E-state index in [4.69, 9.17) is 4.42 Å². The standard InChI is InChI=1S/C23H22F5N3O2/c1-2-12-3-4-14-11-29-19(9-15(14)5-12)20(32)18(8-13-6-16(24)10-17(25)7-13)21-30-31-22(33-21)23(26,27)28/h3-7,10,18-20,29,32H,2,8-9,11H2,1H3. The molecule has 176 valence electrons. The molecule has 10 heteroatoms. The van der Waals surface area contributed by atoms with Crippen LogP contribution in [0.25, 0.3) is 0 Å². The zero-order valence-electron chi connectivity index (χ0n) is 17.7. The number of aliphatic hydroxyl groups is 1. The van der Waals surface area contributed by atoms with Crippen molar-refractivity contribution in [1.29, 1.82) is 0 Å². The molecule has 33 heavy (non-hydrogen) atoms. The number of nitrogens with zero attached hydrogens (tertiary/aromatic N) is 2. The normalized spacial score (nSPS) is 18.1. The molecule has 2 aromatic carbocycles. The van der Waals surface area contributed by atoms with Crippen LogP contribution in [0.4, 0.5) is 22.0 Å². The lowest BCUT2D eigenvalue weighted by atomic mass is 9.84. The van der Waals surface area contributed by atoms with Gasteiger partial charge in [0.2, 0.25) is 5.89 Å². The van der Waals surface area contributed by atoms with E-state index >= 15 is 0 Å². The molecule has 2 N–H and O–H groups in total. The summed E-state index contributed by atoms with van der Waals surface area (Å²) >= 11 is 0. The highest BCUT2D eigenvalue weighted by molar-refractivity contribution is 5.35. The first kappa shape index (κ1) is 23.3. The van der Waals surface area contributed by atoms with Gasteiger partial charge in [0.05, 0.1) is 12.0 Å². The maximum atomic E-state index is 13.7. The zero-order chi connectivity index (χ0) is 23.8. The van der Waals surface area contributed by atoms with Crippen molar-refractivity contribution in [1.82, 2.24) is 15.5 Å². The minimum Gasteiger partial charge on any atom is -0.417 e. The Kier molecular flexibility index (Phi) is 6.49. The summed E-state index contributed by atoms with van der Waals surface area (Å²) in [5.74, 6) is -4.79. The largest absolute Gasteiger partial charge is 0.470 e. The Balaban J connectivity index is 1.65. The van der Waals surface area contributed by atoms with Crippen LogP contribution in [0.15, 0.2) is 40.8 Å². The lowest BCUT2D eigenvalue weighted by molar-refractivity contribution is -0.157. The van der Waals surface area contributed by atoms with E-state index in [1.807, 2.05) is 25.1 Å². The van der Waals surface area contributed by atoms with Crippen molar-refractivity contribution in [2.75, 3.05) is 0 Å². The first-order chi connectivity index (χ1) is 15.6. The predicted octanol–water partition coefficient (Wildman–Crippen LogP) is 4.33. The number of hydrogen-bond acceptors (Lipinski definition) is 5. The second-order valence-electron chi connectivity index (χ2n) is 8.17. The van der Waals surface area contributed by atoms with Crippen LogP contribution >= 0.6 is 0 Å². The Hall–Kier alpha value is -2.85. The number of aliphatic hydroxyl groups excluding tert-OH is 1. The van der Waals surface area contributed by atoms with E-state index in [0.29, 0.717) is 19.0 Å². The molecule has 0 amide bonds. The molecule has 0 saturated heterocycles. The van der Waals surface area contributed by atoms with Crippen LogP contribution in [-0.2, 0) is 32.0 Å². The molecule has 1 aliphatic rings. The maximum absolute atomic E-state index is 13.7. The van der Waals surface area contributed by atoms with Gasteiger partial charge in [-0.3, -0.25) is 0 Å². The molecular formula is C23H22F5N3O2. The van der Waals surface area contributed by atoms with Gasteiger partial charge in [0.25, 0.3) is 0 Å². The molecule has 3 unspecified atom stereocenters. The molecule has 0 bridgehead atoms. The molecule has 0 saturated carbocycles. The number of alkyl halides is 3. The molecule has 1 aromatic heterocycles. The summed E-state index contributed by atoms with van der Waals surface area (Å²) in [6.45, 7) is 2.48. The molecule has 1 aliphatic heterocycles. The predicted molar refractivity (Wildman–Crippen MR) is 108 cm³/mol. The van der Waals surface area contributed by atoms with Crippen LogP contribution in [0, 0.1) is 11.6 Å². The number of rotatable bonds is 6. The number of aromatic nitrogens is 2. The van der Waals surface area contributed by atoms with E-state index in [1.54, 1.807) is 0 Å². The molecule has 2 heterocycles. The van der Waals surface area contributed by atoms with Gasteiger partial charge < -0.3 is 14.8 Å². The lowest BCUT2D eigenvalue weighted by Gasteiger charge is -2.33. The van der Waals surface area contributed by atoms with Crippen molar-refractivity contribution in [3.8, 4) is 0 Å². The number of halogens is 5. The molecule has 3 aromatic rings. The summed E-state index contributed by atoms with van der Waals surface area (Å²) in [7, 11) is 0. The summed E-state index contributed by atoms with van der Waals surface area (Å²) in [5, 5.41) is 20.9. The van der Waals surface area contributed by atoms with Gasteiger partial charge in [0.15, 0.2) is 0 Å². The molecule has 3 atom stereocenters. The maximum Gasteiger partial charge on any atom is 0.470 e. The van der Waals surface area contributed by atoms with Crippen LogP contribution in [0.2, 0.25) is 0 Å². The van der Waals surface area contributed by atoms with Crippen LogP contribution in [0.1, 0.15) is 46.9 Å². The third-order valence-electron chi connectivity index (χ3n) is 5.88. The van der Waals surface area contributed by atoms with Crippen molar-refractivity contribution in [2.45, 2.75) is 57.0 Å². The van der Waals surface area contributed by atoms with Gasteiger partial charge in [-0.1, -0.05) is 25.1 Å². The Morgan fingerprint density at radius 2 is 1.79 bits per heavy atom. The molecule has 0 fully saturated rings. The average Bonchev–Trinajstić information content (AvgIpc) is 3.26. The summed E-state index contributed by atoms with van der Waals surface area (Å²) in [6.07, 6.45) is -5.07. The Morgan fingerprint density at radius 3 is 2.42 bits per heavy atom. The molecule has 0 spiro atoms. The first-order valence-electron chi connectivity index (χ1n) is 10.5. The monoisotopic (exact) mass is 467 g/mol. The minimum atomic E-state index is -4.86. The highest BCUT2D eigenvalue weighted by Gasteiger charge is 2.41. The van der Waals surface area contributed by atoms with Gasteiger partial charge in [-0.2, -0.15) is 13.2 Å². The van der Waals surface area contributed by atoms with Gasteiger partial charge in [-0.05, 0) is 53.6 Å². The summed E-state index contributed by atoms with van der Waals surface area (Å²) < 4.78 is 71.3. The van der Waals surface area contributed by atoms with Gasteiger partial charge in [-0.15, -0.1) is 10.2 Å². The fourth-order valence-electron chi connectivity index (χ4n) is 4.17. The average molecular weight is 467 g/mol. The number of aryl methyl sites for hydroxylation is 1. The van der Waals surface area contributed by atoms with Gasteiger partial charge in [0.1, 0.15) is 11.6 Å². The Bertz CT molecular complexity index is 1110. The fourth-order valence-corrected chi connectivity index (χ4v) is 4.17. The van der Waals surface area contributed by atoms with Crippen LogP contribution in [-0.4, -0.2) is 27.4 Å². The van der Waals surface area contributed by atoms with Gasteiger partial charge in [-0.25, -0.2) is 8.78 Å². The van der Waals surface area contributed by atoms with E-state index in [1.165, 1.54) is 0 Å². The van der Waals surface area contributed by atoms with Crippen LogP contribution in [0.5, 0.6) is 0 Å². The van der Waals surface area contributed by atoms with Crippen molar-refractivity contribution in [2.24, 2.45) is 0 Å². The number of benzene rings is 2. The number of hydrogen-bond donors (Lipinski definition) is 2. The summed E-state index contributed by atoms with van der Waals surface area (Å²) in [6, 6.07) is 8.33. The molecule has 0 radical (unpaired) electrons. The van der Waals surface area contributed by atoms with E-state index in [0.717, 1.165) is 35.2 Å². The first-order valence-corrected chi connectivity index (χ1v) is 10.5. The van der Waals surface area contributed by atoms with E-state index < -0.39 is 47.7 Å². The minimum absolute atomic E-state index is 0.146. The molecule has 4 rings (SSSR count). The van der Waals surface area contributed by atoms with Crippen molar-refractivity contribution >= 4 is 0 Å². The van der Waals surface area contributed by atoms with Crippen LogP contribution in [0.3, 0.4) is 0 Å². The number of nitrogens with one attached hydrogen (secondary N) is 1. The third kappa shape index (κ3) is 5.22. The lowest BCUT2D eigenvalue weighted by Crippen LogP contribution is -2.47. The Labute approximate surface area is 186 Å². The quantitative estimate of drug-likeness (QED) is 0.528. The van der Waals surface area contributed by atoms with E-state index in [-0.39, 0.29) is 12.0 Å². The number of fused-ring (bicyclic) bond motifs is 1. The zero-order valence-corrected chi connectivity index (χ0v) is 17.7. The molecule has 5 nitrogen and oxygen atoms in total. The van der Waals surface area contributed by atoms with Crippen LogP contribution < -0.4 is 5.32 Å². The smallest absolute Gasteiger partial charge is 0.417 e. The fraction of sp³-hybridized carbons (Fsp3) is 0.391. The highest BCUT2D eigenvalue weighted by Crippen LogP contribution is 2.33. The van der Waals surface area contributed by atoms with Gasteiger partial charge >= 0.3 is 12.1 Å². The molecule has 0 aliphatic carbocycles. The van der Waals surface area contributed by atoms with Crippen molar-refractivity contribution in [3.05, 3.63) is 82.1 Å². The topological polar surface area (TPSA) is 71.2 Å². The third-order valence-corrected chi connectivity index (χ3v) is 5.88. The van der Waals surface area contributed by atoms with Gasteiger partial charge in [0, 0.05) is 18.7 Å². The highest BCUT2D eigenvalue weighted by atomic mass is 19.4. The van der Waals surface area contributed by atoms with Crippen molar-refractivity contribution in [3.63, 3.8) is 0 Å². The second-order valence-corrected chi connectivity index (χ2v) is 8.17. The van der Waals surface area contributed by atoms with Crippen molar-refractivity contribution < 1.29 is 31.5 Å². The summed E-state index contributed by atoms with van der Waals surface area (Å²) in [5.41, 5.74) is 3.36. The molecular weight excluding hydrogens is 445 g/mol.